The number of nitrogens with zero attached hydrogens (tertiary/aromatic N) is 1. The lowest BCUT2D eigenvalue weighted by Gasteiger charge is -2.25. The fourth-order valence-corrected chi connectivity index (χ4v) is 5.81. The smallest absolute Gasteiger partial charge is 0.251 e. The maximum atomic E-state index is 13.5. The highest BCUT2D eigenvalue weighted by molar-refractivity contribution is 8.19. The molecule has 0 spiro atoms. The molecule has 2 aromatic rings. The molecule has 26 heavy (non-hydrogen) atoms. The highest BCUT2D eigenvalue weighted by Gasteiger charge is 2.19. The van der Waals surface area contributed by atoms with Crippen LogP contribution in [0, 0.1) is 5.82 Å². The van der Waals surface area contributed by atoms with Gasteiger partial charge in [0.1, 0.15) is 5.82 Å². The van der Waals surface area contributed by atoms with E-state index in [9.17, 15) is 9.18 Å². The summed E-state index contributed by atoms with van der Waals surface area (Å²) < 4.78 is 14.0. The van der Waals surface area contributed by atoms with Gasteiger partial charge >= 0.3 is 0 Å². The quantitative estimate of drug-likeness (QED) is 0.795. The van der Waals surface area contributed by atoms with Crippen molar-refractivity contribution in [2.24, 2.45) is 0 Å². The minimum atomic E-state index is -0.265. The Hall–Kier alpha value is -1.50. The number of hydrogen-bond donors (Lipinski definition) is 1. The van der Waals surface area contributed by atoms with Crippen LogP contribution in [-0.4, -0.2) is 43.0 Å². The first-order valence-corrected chi connectivity index (χ1v) is 10.7. The maximum absolute atomic E-state index is 13.5. The third-order valence-electron chi connectivity index (χ3n) is 4.38. The maximum Gasteiger partial charge on any atom is 0.251 e. The number of carbonyl (C=O) groups is 1. The van der Waals surface area contributed by atoms with Gasteiger partial charge in [-0.25, -0.2) is 4.39 Å². The number of thioether (sulfide) groups is 2. The van der Waals surface area contributed by atoms with Crippen molar-refractivity contribution in [1.82, 2.24) is 10.2 Å². The van der Waals surface area contributed by atoms with Crippen LogP contribution in [0.1, 0.15) is 32.1 Å². The van der Waals surface area contributed by atoms with Gasteiger partial charge in [0, 0.05) is 23.6 Å². The van der Waals surface area contributed by atoms with Gasteiger partial charge in [-0.1, -0.05) is 24.3 Å². The molecule has 2 aromatic carbocycles. The Kier molecular flexibility index (Phi) is 6.62. The summed E-state index contributed by atoms with van der Waals surface area (Å²) in [5.74, 6) is 2.00. The molecule has 1 amide bonds. The molecule has 1 unspecified atom stereocenters. The molecule has 3 rings (SSSR count). The lowest BCUT2D eigenvalue weighted by Crippen LogP contribution is -2.34. The Morgan fingerprint density at radius 1 is 1.19 bits per heavy atom. The molecule has 3 nitrogen and oxygen atoms in total. The standard InChI is InChI=1S/C20H23FN2OS2/c1-23(2)18(16-4-3-5-17(21)12-16)13-22-19(24)14-6-8-15(9-7-14)20-25-10-11-26-20/h3-9,12,18,20H,10-11,13H2,1-2H3,(H,22,24). The van der Waals surface area contributed by atoms with E-state index in [0.717, 1.165) is 5.56 Å². The van der Waals surface area contributed by atoms with E-state index in [4.69, 9.17) is 0 Å². The molecule has 1 atom stereocenters. The summed E-state index contributed by atoms with van der Waals surface area (Å²) in [6.07, 6.45) is 0. The first-order valence-electron chi connectivity index (χ1n) is 8.58. The summed E-state index contributed by atoms with van der Waals surface area (Å²) in [4.78, 5) is 14.5. The topological polar surface area (TPSA) is 32.3 Å². The van der Waals surface area contributed by atoms with Crippen LogP contribution >= 0.6 is 23.5 Å². The second-order valence-electron chi connectivity index (χ2n) is 6.44. The molecule has 1 saturated heterocycles. The van der Waals surface area contributed by atoms with Crippen LogP contribution in [-0.2, 0) is 0 Å². The van der Waals surface area contributed by atoms with Gasteiger partial charge in [0.25, 0.3) is 5.91 Å². The van der Waals surface area contributed by atoms with Crippen molar-refractivity contribution in [3.63, 3.8) is 0 Å². The van der Waals surface area contributed by atoms with Gasteiger partial charge < -0.3 is 10.2 Å². The van der Waals surface area contributed by atoms with Crippen LogP contribution in [0.3, 0.4) is 0 Å². The van der Waals surface area contributed by atoms with Gasteiger partial charge in [0.05, 0.1) is 10.6 Å². The number of carbonyl (C=O) groups excluding carboxylic acids is 1. The van der Waals surface area contributed by atoms with Crippen molar-refractivity contribution in [3.05, 3.63) is 71.0 Å². The molecule has 0 aromatic heterocycles. The number of amides is 1. The second kappa shape index (κ2) is 8.93. The fourth-order valence-electron chi connectivity index (χ4n) is 2.95. The van der Waals surface area contributed by atoms with Gasteiger partial charge in [-0.3, -0.25) is 4.79 Å². The minimum Gasteiger partial charge on any atom is -0.350 e. The van der Waals surface area contributed by atoms with Crippen LogP contribution in [0.25, 0.3) is 0 Å². The molecule has 1 heterocycles. The zero-order chi connectivity index (χ0) is 18.5. The summed E-state index contributed by atoms with van der Waals surface area (Å²) in [7, 11) is 3.85. The van der Waals surface area contributed by atoms with E-state index in [-0.39, 0.29) is 17.8 Å². The first-order chi connectivity index (χ1) is 12.5. The summed E-state index contributed by atoms with van der Waals surface area (Å²) in [6, 6.07) is 14.3. The van der Waals surface area contributed by atoms with E-state index < -0.39 is 0 Å². The predicted octanol–water partition coefficient (Wildman–Crippen LogP) is 4.34. The first kappa shape index (κ1) is 19.3. The highest BCUT2D eigenvalue weighted by atomic mass is 32.2. The number of halogens is 1. The van der Waals surface area contributed by atoms with Crippen molar-refractivity contribution >= 4 is 29.4 Å². The van der Waals surface area contributed by atoms with Crippen molar-refractivity contribution in [1.29, 1.82) is 0 Å². The lowest BCUT2D eigenvalue weighted by molar-refractivity contribution is 0.0942. The van der Waals surface area contributed by atoms with E-state index in [1.807, 2.05) is 72.9 Å². The largest absolute Gasteiger partial charge is 0.350 e. The number of likely N-dealkylation sites (N-methyl/N-ethyl adjacent to an activating group) is 1. The zero-order valence-electron chi connectivity index (χ0n) is 14.9. The molecular formula is C20H23FN2OS2. The van der Waals surface area contributed by atoms with Crippen LogP contribution in [0.15, 0.2) is 48.5 Å². The van der Waals surface area contributed by atoms with Crippen molar-refractivity contribution in [3.8, 4) is 0 Å². The van der Waals surface area contributed by atoms with Gasteiger partial charge in [-0.2, -0.15) is 0 Å². The van der Waals surface area contributed by atoms with E-state index in [2.05, 4.69) is 5.32 Å². The van der Waals surface area contributed by atoms with Gasteiger partial charge in [-0.05, 0) is 49.5 Å². The molecule has 1 fully saturated rings. The summed E-state index contributed by atoms with van der Waals surface area (Å²) >= 11 is 3.90. The fraction of sp³-hybridized carbons (Fsp3) is 0.350. The summed E-state index contributed by atoms with van der Waals surface area (Å²) in [5, 5.41) is 2.97. The van der Waals surface area contributed by atoms with Crippen LogP contribution in [0.2, 0.25) is 0 Å². The predicted molar refractivity (Wildman–Crippen MR) is 109 cm³/mol. The SMILES string of the molecule is CN(C)C(CNC(=O)c1ccc(C2SCCS2)cc1)c1cccc(F)c1. The van der Waals surface area contributed by atoms with Crippen molar-refractivity contribution < 1.29 is 9.18 Å². The summed E-state index contributed by atoms with van der Waals surface area (Å²) in [5.41, 5.74) is 2.76. The molecule has 138 valence electrons. The monoisotopic (exact) mass is 390 g/mol. The molecular weight excluding hydrogens is 367 g/mol. The molecule has 0 aliphatic carbocycles. The average Bonchev–Trinajstić information content (AvgIpc) is 3.16. The Bertz CT molecular complexity index is 746. The lowest BCUT2D eigenvalue weighted by atomic mass is 10.1. The van der Waals surface area contributed by atoms with Crippen LogP contribution in [0.5, 0.6) is 0 Å². The Morgan fingerprint density at radius 2 is 1.88 bits per heavy atom. The molecule has 0 radical (unpaired) electrons. The Labute approximate surface area is 162 Å². The van der Waals surface area contributed by atoms with Gasteiger partial charge in [0.2, 0.25) is 0 Å². The summed E-state index contributed by atoms with van der Waals surface area (Å²) in [6.45, 7) is 0.422. The molecule has 1 aliphatic rings. The molecule has 6 heteroatoms. The van der Waals surface area contributed by atoms with E-state index >= 15 is 0 Å². The Balaban J connectivity index is 1.63. The third kappa shape index (κ3) is 4.81. The minimum absolute atomic E-state index is 0.0831. The van der Waals surface area contributed by atoms with Crippen molar-refractivity contribution in [2.75, 3.05) is 32.1 Å². The molecule has 1 N–H and O–H groups in total. The third-order valence-corrected chi connectivity index (χ3v) is 7.48. The number of benzene rings is 2. The molecule has 0 saturated carbocycles. The average molecular weight is 391 g/mol. The van der Waals surface area contributed by atoms with Crippen LogP contribution in [0.4, 0.5) is 4.39 Å². The number of nitrogens with one attached hydrogen (secondary N) is 1. The number of rotatable bonds is 6. The molecule has 1 aliphatic heterocycles. The van der Waals surface area contributed by atoms with Crippen LogP contribution < -0.4 is 5.32 Å². The normalized spacial score (nSPS) is 16.0. The van der Waals surface area contributed by atoms with E-state index in [0.29, 0.717) is 16.7 Å². The Morgan fingerprint density at radius 3 is 2.50 bits per heavy atom. The van der Waals surface area contributed by atoms with Gasteiger partial charge in [0.15, 0.2) is 0 Å². The van der Waals surface area contributed by atoms with Crippen molar-refractivity contribution in [2.45, 2.75) is 10.6 Å². The van der Waals surface area contributed by atoms with E-state index in [1.165, 1.54) is 29.2 Å². The molecule has 0 bridgehead atoms. The van der Waals surface area contributed by atoms with E-state index in [1.54, 1.807) is 6.07 Å². The van der Waals surface area contributed by atoms with Gasteiger partial charge in [-0.15, -0.1) is 23.5 Å². The number of hydrogen-bond acceptors (Lipinski definition) is 4. The highest BCUT2D eigenvalue weighted by Crippen LogP contribution is 2.45. The zero-order valence-corrected chi connectivity index (χ0v) is 16.6. The second-order valence-corrected chi connectivity index (χ2v) is 9.16.